The molecule has 8 rings (SSSR count). The molecule has 1 saturated carbocycles. The molecule has 3 amide bonds. The summed E-state index contributed by atoms with van der Waals surface area (Å²) in [4.78, 5) is 67.8. The lowest BCUT2D eigenvalue weighted by Gasteiger charge is -2.49. The number of allylic oxidation sites excluding steroid dienone is 1. The van der Waals surface area contributed by atoms with Crippen molar-refractivity contribution in [2.75, 3.05) is 18.0 Å². The van der Waals surface area contributed by atoms with Crippen molar-refractivity contribution in [1.29, 1.82) is 0 Å². The van der Waals surface area contributed by atoms with E-state index < -0.39 is 34.8 Å². The number of carbonyl (C=O) groups is 4. The second-order valence-electron chi connectivity index (χ2n) is 13.4. The summed E-state index contributed by atoms with van der Waals surface area (Å²) in [6.45, 7) is 0.698. The number of thioether (sulfide) groups is 1. The fraction of sp³-hybridized carbons (Fsp3) is 0.250. The van der Waals surface area contributed by atoms with Gasteiger partial charge in [-0.25, -0.2) is 9.78 Å². The molecule has 2 saturated heterocycles. The van der Waals surface area contributed by atoms with Crippen LogP contribution in [0, 0.1) is 0 Å². The molecular weight excluding hydrogens is 725 g/mol. The van der Waals surface area contributed by atoms with E-state index >= 15 is 0 Å². The van der Waals surface area contributed by atoms with Crippen LogP contribution in [0.2, 0.25) is 0 Å². The maximum atomic E-state index is 14.2. The van der Waals surface area contributed by atoms with E-state index in [9.17, 15) is 24.3 Å². The molecule has 4 heterocycles. The molecule has 0 bridgehead atoms. The van der Waals surface area contributed by atoms with Gasteiger partial charge in [0.1, 0.15) is 22.8 Å². The Morgan fingerprint density at radius 3 is 2.11 bits per heavy atom. The van der Waals surface area contributed by atoms with Gasteiger partial charge in [0.2, 0.25) is 11.5 Å². The molecule has 3 aromatic carbocycles. The van der Waals surface area contributed by atoms with Crippen LogP contribution in [0.3, 0.4) is 0 Å². The number of nitrogens with two attached hydrogens (primary N) is 1. The molecule has 3 aliphatic heterocycles. The smallest absolute Gasteiger partial charge is 0.352 e. The van der Waals surface area contributed by atoms with Gasteiger partial charge in [0.15, 0.2) is 10.8 Å². The van der Waals surface area contributed by atoms with Gasteiger partial charge in [-0.05, 0) is 37.3 Å². The predicted octanol–water partition coefficient (Wildman–Crippen LogP) is 4.89. The number of hydrogen-bond donors (Lipinski definition) is 3. The number of nitrogens with one attached hydrogen (secondary N) is 1. The number of nitrogens with zero attached hydrogens (tertiary/aromatic N) is 4. The van der Waals surface area contributed by atoms with E-state index in [4.69, 9.17) is 10.6 Å². The highest BCUT2D eigenvalue weighted by atomic mass is 32.2. The largest absolute Gasteiger partial charge is 0.477 e. The van der Waals surface area contributed by atoms with Gasteiger partial charge in [0.05, 0.1) is 0 Å². The SMILES string of the molecule is Nc1nc(/C(=N/OC(c2ccccc2)(c2ccccc2)c2ccccc2)C(=O)N[C@@H]2C(=O)N3C(C(=O)O)=C(/C=C4\CCCN(C5CC5)C4=O)CS[C@H]23)cs1. The van der Waals surface area contributed by atoms with Crippen LogP contribution < -0.4 is 11.1 Å². The Kier molecular flexibility index (Phi) is 9.54. The molecule has 54 heavy (non-hydrogen) atoms. The number of likely N-dealkylation sites (tertiary alicyclic amines) is 1. The number of β-lactam (4-membered cyclic amide) rings is 1. The van der Waals surface area contributed by atoms with Crippen LogP contribution in [0.15, 0.2) is 124 Å². The molecule has 1 aromatic heterocycles. The van der Waals surface area contributed by atoms with E-state index in [0.717, 1.165) is 47.3 Å². The molecule has 2 atom stereocenters. The lowest BCUT2D eigenvalue weighted by atomic mass is 9.80. The Hall–Kier alpha value is -5.73. The van der Waals surface area contributed by atoms with Gasteiger partial charge in [0, 0.05) is 46.0 Å². The van der Waals surface area contributed by atoms with Gasteiger partial charge in [-0.15, -0.1) is 23.1 Å². The number of aliphatic carboxylic acids is 1. The topological polar surface area (TPSA) is 168 Å². The highest BCUT2D eigenvalue weighted by Gasteiger charge is 2.54. The van der Waals surface area contributed by atoms with Crippen LogP contribution in [0.1, 0.15) is 48.1 Å². The Labute approximate surface area is 319 Å². The Bertz CT molecular complexity index is 2110. The maximum Gasteiger partial charge on any atom is 0.352 e. The molecule has 1 aliphatic carbocycles. The summed E-state index contributed by atoms with van der Waals surface area (Å²) in [5.41, 5.74) is 7.66. The van der Waals surface area contributed by atoms with Gasteiger partial charge in [0.25, 0.3) is 11.8 Å². The first-order valence-electron chi connectivity index (χ1n) is 17.6. The monoisotopic (exact) mass is 760 g/mol. The Balaban J connectivity index is 1.11. The predicted molar refractivity (Wildman–Crippen MR) is 205 cm³/mol. The van der Waals surface area contributed by atoms with E-state index in [0.29, 0.717) is 24.1 Å². The number of benzene rings is 3. The van der Waals surface area contributed by atoms with Gasteiger partial charge in [-0.1, -0.05) is 96.2 Å². The molecule has 4 aliphatic rings. The van der Waals surface area contributed by atoms with Crippen molar-refractivity contribution in [1.82, 2.24) is 20.1 Å². The van der Waals surface area contributed by atoms with E-state index in [1.165, 1.54) is 16.7 Å². The van der Waals surface area contributed by atoms with Crippen molar-refractivity contribution in [2.45, 2.75) is 48.7 Å². The summed E-state index contributed by atoms with van der Waals surface area (Å²) in [6, 6.07) is 27.8. The normalized spacial score (nSPS) is 21.1. The van der Waals surface area contributed by atoms with Crippen molar-refractivity contribution >= 4 is 57.6 Å². The summed E-state index contributed by atoms with van der Waals surface area (Å²) in [6.07, 6.45) is 4.97. The zero-order valence-electron chi connectivity index (χ0n) is 29.0. The highest BCUT2D eigenvalue weighted by Crippen LogP contribution is 2.43. The van der Waals surface area contributed by atoms with Gasteiger partial charge in [-0.3, -0.25) is 19.3 Å². The third kappa shape index (κ3) is 6.45. The summed E-state index contributed by atoms with van der Waals surface area (Å²) in [5.74, 6) is -2.44. The second kappa shape index (κ2) is 14.6. The maximum absolute atomic E-state index is 14.2. The number of oxime groups is 1. The lowest BCUT2D eigenvalue weighted by molar-refractivity contribution is -0.150. The number of piperidine rings is 1. The van der Waals surface area contributed by atoms with E-state index in [2.05, 4.69) is 15.5 Å². The van der Waals surface area contributed by atoms with E-state index in [-0.39, 0.29) is 39.9 Å². The van der Waals surface area contributed by atoms with E-state index in [1.54, 1.807) is 11.5 Å². The number of nitrogen functional groups attached to an aromatic ring is 1. The van der Waals surface area contributed by atoms with Gasteiger partial charge >= 0.3 is 5.97 Å². The molecule has 0 unspecified atom stereocenters. The number of rotatable bonds is 11. The molecule has 0 radical (unpaired) electrons. The summed E-state index contributed by atoms with van der Waals surface area (Å²) < 4.78 is 0. The van der Waals surface area contributed by atoms with Crippen molar-refractivity contribution in [3.05, 3.63) is 142 Å². The zero-order valence-corrected chi connectivity index (χ0v) is 30.6. The fourth-order valence-electron chi connectivity index (χ4n) is 7.27. The fourth-order valence-corrected chi connectivity index (χ4v) is 9.12. The quantitative estimate of drug-likeness (QED) is 0.0635. The van der Waals surface area contributed by atoms with E-state index in [1.807, 2.05) is 95.9 Å². The summed E-state index contributed by atoms with van der Waals surface area (Å²) in [7, 11) is 0. The van der Waals surface area contributed by atoms with Crippen LogP contribution in [0.4, 0.5) is 5.13 Å². The van der Waals surface area contributed by atoms with Crippen molar-refractivity contribution < 1.29 is 29.1 Å². The average molecular weight is 761 g/mol. The molecule has 4 aromatic rings. The van der Waals surface area contributed by atoms with Crippen molar-refractivity contribution in [3.8, 4) is 0 Å². The molecule has 14 heteroatoms. The average Bonchev–Trinajstić information content (AvgIpc) is 3.96. The third-order valence-electron chi connectivity index (χ3n) is 10.00. The third-order valence-corrected chi connectivity index (χ3v) is 12.0. The second-order valence-corrected chi connectivity index (χ2v) is 15.4. The molecular formula is C40H36N6O6S2. The summed E-state index contributed by atoms with van der Waals surface area (Å²) in [5, 5.41) is 18.7. The number of fused-ring (bicyclic) bond motifs is 1. The van der Waals surface area contributed by atoms with Crippen LogP contribution in [-0.4, -0.2) is 79.0 Å². The minimum absolute atomic E-state index is 0.0688. The number of amides is 3. The minimum atomic E-state index is -1.30. The number of carbonyl (C=O) groups excluding carboxylic acids is 3. The number of thiazole rings is 1. The Morgan fingerprint density at radius 2 is 1.57 bits per heavy atom. The lowest BCUT2D eigenvalue weighted by Crippen LogP contribution is -2.71. The van der Waals surface area contributed by atoms with Crippen LogP contribution in [-0.2, 0) is 29.6 Å². The molecule has 3 fully saturated rings. The molecule has 12 nitrogen and oxygen atoms in total. The van der Waals surface area contributed by atoms with Crippen LogP contribution in [0.5, 0.6) is 0 Å². The minimum Gasteiger partial charge on any atom is -0.477 e. The number of aromatic nitrogens is 1. The zero-order chi connectivity index (χ0) is 37.4. The standard InChI is InChI=1S/C40H36N6O6S2/c41-39-42-30(23-54-39)31(44-52-40(26-12-4-1-5-13-26,27-14-6-2-7-15-27)28-16-8-3-9-17-28)34(47)43-32-36(49)46-33(38(50)51)25(22-53-37(32)46)21-24-11-10-20-45(35(24)48)29-18-19-29/h1-9,12-17,21,23,29,32,37H,10-11,18-20,22H2,(H2,41,42)(H,43,47)(H,50,51)/b24-21+,44-31-/t32-,37-/m1/s1. The summed E-state index contributed by atoms with van der Waals surface area (Å²) >= 11 is 2.44. The number of carboxylic acid groups (broad SMARTS) is 1. The first-order valence-corrected chi connectivity index (χ1v) is 19.6. The number of carboxylic acids is 1. The van der Waals surface area contributed by atoms with Gasteiger partial charge in [-0.2, -0.15) is 0 Å². The Morgan fingerprint density at radius 1 is 0.963 bits per heavy atom. The number of hydrogen-bond acceptors (Lipinski definition) is 10. The first kappa shape index (κ1) is 35.3. The molecule has 4 N–H and O–H groups in total. The van der Waals surface area contributed by atoms with Gasteiger partial charge < -0.3 is 25.9 Å². The molecule has 0 spiro atoms. The van der Waals surface area contributed by atoms with Crippen molar-refractivity contribution in [3.63, 3.8) is 0 Å². The number of anilines is 1. The molecule has 274 valence electrons. The van der Waals surface area contributed by atoms with Crippen LogP contribution in [0.25, 0.3) is 0 Å². The first-order chi connectivity index (χ1) is 26.3. The van der Waals surface area contributed by atoms with Crippen molar-refractivity contribution in [2.24, 2.45) is 5.16 Å². The van der Waals surface area contributed by atoms with Crippen LogP contribution >= 0.6 is 23.1 Å². The highest BCUT2D eigenvalue weighted by molar-refractivity contribution is 8.00.